The summed E-state index contributed by atoms with van der Waals surface area (Å²) < 4.78 is 18.0. The van der Waals surface area contributed by atoms with Crippen molar-refractivity contribution in [3.05, 3.63) is 101 Å². The predicted octanol–water partition coefficient (Wildman–Crippen LogP) is 4.55. The standard InChI is InChI=1S/C28H23N5O5/c1-17-12-25(34)33(19-9-5-4-6-10-19)32-26(17)27(35)31-18-8-7-11-20(13-18)38-28-21-14-23(36-2)24(37-3)15-22(21)29-16-30-28/h4-16H,1-3H3,(H,31,35). The van der Waals surface area contributed by atoms with Crippen molar-refractivity contribution in [3.8, 4) is 28.8 Å². The van der Waals surface area contributed by atoms with Crippen LogP contribution in [-0.4, -0.2) is 39.9 Å². The zero-order valence-corrected chi connectivity index (χ0v) is 20.8. The second-order valence-corrected chi connectivity index (χ2v) is 8.25. The van der Waals surface area contributed by atoms with Gasteiger partial charge in [-0.1, -0.05) is 24.3 Å². The van der Waals surface area contributed by atoms with Gasteiger partial charge in [-0.15, -0.1) is 0 Å². The first-order valence-corrected chi connectivity index (χ1v) is 11.6. The van der Waals surface area contributed by atoms with Crippen molar-refractivity contribution in [2.75, 3.05) is 19.5 Å². The van der Waals surface area contributed by atoms with Crippen molar-refractivity contribution < 1.29 is 19.0 Å². The summed E-state index contributed by atoms with van der Waals surface area (Å²) in [7, 11) is 3.10. The maximum absolute atomic E-state index is 13.1. The van der Waals surface area contributed by atoms with Crippen LogP contribution in [0.15, 0.2) is 83.9 Å². The molecule has 190 valence electrons. The van der Waals surface area contributed by atoms with Crippen LogP contribution in [-0.2, 0) is 0 Å². The van der Waals surface area contributed by atoms with Crippen molar-refractivity contribution in [2.45, 2.75) is 6.92 Å². The molecule has 3 aromatic carbocycles. The fraction of sp³-hybridized carbons (Fsp3) is 0.107. The molecule has 2 aromatic heterocycles. The molecule has 0 fully saturated rings. The lowest BCUT2D eigenvalue weighted by molar-refractivity contribution is 0.102. The molecular formula is C28H23N5O5. The van der Waals surface area contributed by atoms with Crippen LogP contribution in [0.25, 0.3) is 16.6 Å². The van der Waals surface area contributed by atoms with Crippen molar-refractivity contribution >= 4 is 22.5 Å². The Balaban J connectivity index is 1.42. The number of aromatic nitrogens is 4. The van der Waals surface area contributed by atoms with Crippen LogP contribution in [0, 0.1) is 6.92 Å². The van der Waals surface area contributed by atoms with Gasteiger partial charge in [-0.3, -0.25) is 9.59 Å². The van der Waals surface area contributed by atoms with E-state index < -0.39 is 5.91 Å². The highest BCUT2D eigenvalue weighted by Crippen LogP contribution is 2.36. The lowest BCUT2D eigenvalue weighted by Crippen LogP contribution is -2.26. The zero-order valence-electron chi connectivity index (χ0n) is 20.8. The highest BCUT2D eigenvalue weighted by atomic mass is 16.5. The summed E-state index contributed by atoms with van der Waals surface area (Å²) in [5, 5.41) is 7.77. The summed E-state index contributed by atoms with van der Waals surface area (Å²) in [5.41, 5.74) is 1.92. The highest BCUT2D eigenvalue weighted by molar-refractivity contribution is 6.03. The molecular weight excluding hydrogens is 486 g/mol. The molecule has 0 bridgehead atoms. The number of fused-ring (bicyclic) bond motifs is 1. The number of hydrogen-bond acceptors (Lipinski definition) is 8. The van der Waals surface area contributed by atoms with Gasteiger partial charge in [0.25, 0.3) is 11.5 Å². The van der Waals surface area contributed by atoms with Crippen molar-refractivity contribution in [1.82, 2.24) is 19.7 Å². The van der Waals surface area contributed by atoms with Gasteiger partial charge in [-0.2, -0.15) is 9.78 Å². The molecule has 0 saturated carbocycles. The molecule has 0 unspecified atom stereocenters. The van der Waals surface area contributed by atoms with E-state index in [9.17, 15) is 9.59 Å². The molecule has 0 aliphatic carbocycles. The number of para-hydroxylation sites is 1. The number of carbonyl (C=O) groups is 1. The molecule has 5 rings (SSSR count). The van der Waals surface area contributed by atoms with Crippen LogP contribution in [0.2, 0.25) is 0 Å². The van der Waals surface area contributed by atoms with Crippen LogP contribution in [0.3, 0.4) is 0 Å². The average molecular weight is 510 g/mol. The molecule has 2 heterocycles. The fourth-order valence-corrected chi connectivity index (χ4v) is 3.90. The van der Waals surface area contributed by atoms with Gasteiger partial charge in [0.05, 0.1) is 30.8 Å². The molecule has 0 atom stereocenters. The third-order valence-electron chi connectivity index (χ3n) is 5.75. The van der Waals surface area contributed by atoms with E-state index >= 15 is 0 Å². The number of carbonyl (C=O) groups excluding carboxylic acids is 1. The van der Waals surface area contributed by atoms with E-state index in [1.165, 1.54) is 17.1 Å². The van der Waals surface area contributed by atoms with Gasteiger partial charge in [0.2, 0.25) is 5.88 Å². The Morgan fingerprint density at radius 1 is 0.895 bits per heavy atom. The smallest absolute Gasteiger partial charge is 0.276 e. The third kappa shape index (κ3) is 4.87. The van der Waals surface area contributed by atoms with E-state index in [1.807, 2.05) is 6.07 Å². The lowest BCUT2D eigenvalue weighted by atomic mass is 10.2. The molecule has 5 aromatic rings. The van der Waals surface area contributed by atoms with Gasteiger partial charge in [-0.25, -0.2) is 9.97 Å². The number of aryl methyl sites for hydroxylation is 1. The minimum atomic E-state index is -0.464. The van der Waals surface area contributed by atoms with E-state index in [0.29, 0.717) is 51.0 Å². The number of nitrogens with one attached hydrogen (secondary N) is 1. The summed E-state index contributed by atoms with van der Waals surface area (Å²) >= 11 is 0. The number of hydrogen-bond donors (Lipinski definition) is 1. The van der Waals surface area contributed by atoms with Crippen molar-refractivity contribution in [3.63, 3.8) is 0 Å². The monoisotopic (exact) mass is 509 g/mol. The van der Waals surface area contributed by atoms with Crippen LogP contribution in [0.5, 0.6) is 23.1 Å². The normalized spacial score (nSPS) is 10.7. The van der Waals surface area contributed by atoms with Crippen molar-refractivity contribution in [1.29, 1.82) is 0 Å². The first kappa shape index (κ1) is 24.4. The third-order valence-corrected chi connectivity index (χ3v) is 5.75. The van der Waals surface area contributed by atoms with Gasteiger partial charge in [0, 0.05) is 23.9 Å². The number of ether oxygens (including phenoxy) is 3. The summed E-state index contributed by atoms with van der Waals surface area (Å²) in [6, 6.07) is 20.6. The lowest BCUT2D eigenvalue weighted by Gasteiger charge is -2.13. The summed E-state index contributed by atoms with van der Waals surface area (Å²) in [5.74, 6) is 1.34. The van der Waals surface area contributed by atoms with Gasteiger partial charge in [0.1, 0.15) is 12.1 Å². The number of amides is 1. The topological polar surface area (TPSA) is 117 Å². The zero-order chi connectivity index (χ0) is 26.6. The van der Waals surface area contributed by atoms with Crippen LogP contribution >= 0.6 is 0 Å². The fourth-order valence-electron chi connectivity index (χ4n) is 3.90. The number of rotatable bonds is 7. The van der Waals surface area contributed by atoms with E-state index in [2.05, 4.69) is 20.4 Å². The quantitative estimate of drug-likeness (QED) is 0.340. The highest BCUT2D eigenvalue weighted by Gasteiger charge is 2.16. The van der Waals surface area contributed by atoms with Crippen LogP contribution in [0.4, 0.5) is 5.69 Å². The number of anilines is 1. The SMILES string of the molecule is COc1cc2ncnc(Oc3cccc(NC(=O)c4nn(-c5ccccc5)c(=O)cc4C)c3)c2cc1OC. The first-order valence-electron chi connectivity index (χ1n) is 11.6. The predicted molar refractivity (Wildman–Crippen MR) is 142 cm³/mol. The first-order chi connectivity index (χ1) is 18.5. The average Bonchev–Trinajstić information content (AvgIpc) is 2.93. The molecule has 0 radical (unpaired) electrons. The molecule has 0 aliphatic rings. The molecule has 10 nitrogen and oxygen atoms in total. The van der Waals surface area contributed by atoms with Crippen LogP contribution in [0.1, 0.15) is 16.1 Å². The van der Waals surface area contributed by atoms with Gasteiger partial charge >= 0.3 is 0 Å². The van der Waals surface area contributed by atoms with Gasteiger partial charge < -0.3 is 19.5 Å². The second kappa shape index (κ2) is 10.4. The van der Waals surface area contributed by atoms with E-state index in [0.717, 1.165) is 0 Å². The van der Waals surface area contributed by atoms with Gasteiger partial charge in [0.15, 0.2) is 17.2 Å². The van der Waals surface area contributed by atoms with Gasteiger partial charge in [-0.05, 0) is 42.8 Å². The molecule has 0 spiro atoms. The van der Waals surface area contributed by atoms with E-state index in [4.69, 9.17) is 14.2 Å². The summed E-state index contributed by atoms with van der Waals surface area (Å²) in [6.45, 7) is 1.67. The largest absolute Gasteiger partial charge is 0.493 e. The number of methoxy groups -OCH3 is 2. The number of nitrogens with zero attached hydrogens (tertiary/aromatic N) is 4. The Morgan fingerprint density at radius 3 is 2.42 bits per heavy atom. The van der Waals surface area contributed by atoms with E-state index in [-0.39, 0.29) is 11.3 Å². The Hall–Kier alpha value is -5.25. The molecule has 38 heavy (non-hydrogen) atoms. The van der Waals surface area contributed by atoms with Crippen LogP contribution < -0.4 is 25.1 Å². The molecule has 1 N–H and O–H groups in total. The molecule has 0 aliphatic heterocycles. The summed E-state index contributed by atoms with van der Waals surface area (Å²) in [6.07, 6.45) is 1.39. The molecule has 0 saturated heterocycles. The minimum absolute atomic E-state index is 0.127. The van der Waals surface area contributed by atoms with Crippen molar-refractivity contribution in [2.24, 2.45) is 0 Å². The second-order valence-electron chi connectivity index (χ2n) is 8.25. The molecule has 10 heteroatoms. The Labute approximate surface area is 217 Å². The Kier molecular flexibility index (Phi) is 6.68. The maximum Gasteiger partial charge on any atom is 0.276 e. The summed E-state index contributed by atoms with van der Waals surface area (Å²) in [4.78, 5) is 34.2. The van der Waals surface area contributed by atoms with E-state index in [1.54, 1.807) is 81.8 Å². The minimum Gasteiger partial charge on any atom is -0.493 e. The Bertz CT molecular complexity index is 1700. The maximum atomic E-state index is 13.1. The molecule has 1 amide bonds. The Morgan fingerprint density at radius 2 is 1.66 bits per heavy atom. The number of benzene rings is 3.